The quantitative estimate of drug-likeness (QED) is 0.543. The summed E-state index contributed by atoms with van der Waals surface area (Å²) in [5.41, 5.74) is 0. The predicted molar refractivity (Wildman–Crippen MR) is 85.5 cm³/mol. The fourth-order valence-electron chi connectivity index (χ4n) is 2.44. The lowest BCUT2D eigenvalue weighted by molar-refractivity contribution is -0.120. The number of rotatable bonds is 7. The minimum atomic E-state index is 0.0925. The Labute approximate surface area is 128 Å². The van der Waals surface area contributed by atoms with Crippen LogP contribution in [-0.4, -0.2) is 62.7 Å². The highest BCUT2D eigenvalue weighted by atomic mass is 16.5. The molecule has 6 nitrogen and oxygen atoms in total. The summed E-state index contributed by atoms with van der Waals surface area (Å²) in [5.74, 6) is 0.975. The zero-order valence-electron chi connectivity index (χ0n) is 13.7. The molecule has 1 amide bonds. The van der Waals surface area contributed by atoms with E-state index in [0.717, 1.165) is 51.5 Å². The van der Waals surface area contributed by atoms with E-state index in [2.05, 4.69) is 20.5 Å². The molecule has 1 aliphatic rings. The van der Waals surface area contributed by atoms with Gasteiger partial charge in [-0.2, -0.15) is 0 Å². The van der Waals surface area contributed by atoms with Crippen molar-refractivity contribution >= 4 is 11.9 Å². The molecule has 0 aromatic carbocycles. The van der Waals surface area contributed by atoms with Crippen LogP contribution >= 0.6 is 0 Å². The van der Waals surface area contributed by atoms with Crippen molar-refractivity contribution in [2.45, 2.75) is 45.6 Å². The standard InChI is InChI=1S/C15H30N4O2/c1-4-9-17-14(20)6-10-18-15(16-3)19-11-7-13(8-12-19)21-5-2/h13H,4-12H2,1-3H3,(H,16,18)(H,17,20). The van der Waals surface area contributed by atoms with Gasteiger partial charge < -0.3 is 20.3 Å². The average molecular weight is 298 g/mol. The number of aliphatic imine (C=N–C) groups is 1. The van der Waals surface area contributed by atoms with E-state index in [1.807, 2.05) is 13.8 Å². The normalized spacial score (nSPS) is 16.9. The first kappa shape index (κ1) is 17.8. The number of ether oxygens (including phenoxy) is 1. The molecule has 0 aliphatic carbocycles. The van der Waals surface area contributed by atoms with E-state index in [9.17, 15) is 4.79 Å². The van der Waals surface area contributed by atoms with E-state index in [-0.39, 0.29) is 5.91 Å². The number of guanidine groups is 1. The van der Waals surface area contributed by atoms with Gasteiger partial charge in [0.25, 0.3) is 0 Å². The molecule has 0 bridgehead atoms. The maximum absolute atomic E-state index is 11.5. The summed E-state index contributed by atoms with van der Waals surface area (Å²) in [6.07, 6.45) is 3.89. The molecule has 1 aliphatic heterocycles. The van der Waals surface area contributed by atoms with Gasteiger partial charge in [-0.25, -0.2) is 0 Å². The van der Waals surface area contributed by atoms with E-state index in [1.54, 1.807) is 7.05 Å². The minimum Gasteiger partial charge on any atom is -0.378 e. The number of carbonyl (C=O) groups excluding carboxylic acids is 1. The Kier molecular flexibility index (Phi) is 8.82. The third-order valence-electron chi connectivity index (χ3n) is 3.56. The van der Waals surface area contributed by atoms with Crippen LogP contribution in [-0.2, 0) is 9.53 Å². The van der Waals surface area contributed by atoms with Gasteiger partial charge in [0.05, 0.1) is 6.10 Å². The monoisotopic (exact) mass is 298 g/mol. The number of hydrogen-bond acceptors (Lipinski definition) is 3. The van der Waals surface area contributed by atoms with Gasteiger partial charge in [-0.05, 0) is 26.2 Å². The summed E-state index contributed by atoms with van der Waals surface area (Å²) < 4.78 is 5.65. The van der Waals surface area contributed by atoms with Crippen LogP contribution in [0.4, 0.5) is 0 Å². The molecule has 2 N–H and O–H groups in total. The van der Waals surface area contributed by atoms with Gasteiger partial charge in [-0.15, -0.1) is 0 Å². The van der Waals surface area contributed by atoms with Crippen LogP contribution in [0.3, 0.4) is 0 Å². The summed E-state index contributed by atoms with van der Waals surface area (Å²) >= 11 is 0. The maximum Gasteiger partial charge on any atom is 0.221 e. The molecule has 0 aromatic heterocycles. The van der Waals surface area contributed by atoms with Gasteiger partial charge in [-0.3, -0.25) is 9.79 Å². The first-order valence-corrected chi connectivity index (χ1v) is 8.05. The topological polar surface area (TPSA) is 66.0 Å². The van der Waals surface area contributed by atoms with Crippen molar-refractivity contribution in [2.75, 3.05) is 39.8 Å². The molecule has 0 radical (unpaired) electrons. The summed E-state index contributed by atoms with van der Waals surface area (Å²) in [6, 6.07) is 0. The number of nitrogens with zero attached hydrogens (tertiary/aromatic N) is 2. The van der Waals surface area contributed by atoms with Gasteiger partial charge in [-0.1, -0.05) is 6.92 Å². The third-order valence-corrected chi connectivity index (χ3v) is 3.56. The molecular weight excluding hydrogens is 268 g/mol. The number of nitrogens with one attached hydrogen (secondary N) is 2. The van der Waals surface area contributed by atoms with Crippen molar-refractivity contribution in [3.63, 3.8) is 0 Å². The number of carbonyl (C=O) groups is 1. The largest absolute Gasteiger partial charge is 0.378 e. The van der Waals surface area contributed by atoms with Crippen LogP contribution < -0.4 is 10.6 Å². The highest BCUT2D eigenvalue weighted by Crippen LogP contribution is 2.13. The molecule has 0 saturated carbocycles. The Morgan fingerprint density at radius 1 is 1.24 bits per heavy atom. The van der Waals surface area contributed by atoms with E-state index in [1.165, 1.54) is 0 Å². The van der Waals surface area contributed by atoms with Crippen molar-refractivity contribution in [3.05, 3.63) is 0 Å². The van der Waals surface area contributed by atoms with Gasteiger partial charge in [0, 0.05) is 46.3 Å². The molecule has 122 valence electrons. The first-order valence-electron chi connectivity index (χ1n) is 8.05. The van der Waals surface area contributed by atoms with Crippen molar-refractivity contribution in [1.29, 1.82) is 0 Å². The van der Waals surface area contributed by atoms with Crippen molar-refractivity contribution in [2.24, 2.45) is 4.99 Å². The van der Waals surface area contributed by atoms with Crippen LogP contribution in [0.5, 0.6) is 0 Å². The molecule has 0 unspecified atom stereocenters. The highest BCUT2D eigenvalue weighted by Gasteiger charge is 2.21. The molecule has 0 atom stereocenters. The zero-order chi connectivity index (χ0) is 15.5. The second kappa shape index (κ2) is 10.4. The summed E-state index contributed by atoms with van der Waals surface area (Å²) in [7, 11) is 1.79. The number of hydrogen-bond donors (Lipinski definition) is 2. The fourth-order valence-corrected chi connectivity index (χ4v) is 2.44. The molecule has 0 aromatic rings. The van der Waals surface area contributed by atoms with Crippen LogP contribution in [0, 0.1) is 0 Å². The molecule has 0 spiro atoms. The zero-order valence-corrected chi connectivity index (χ0v) is 13.7. The summed E-state index contributed by atoms with van der Waals surface area (Å²) in [5, 5.41) is 6.14. The van der Waals surface area contributed by atoms with E-state index in [0.29, 0.717) is 19.1 Å². The van der Waals surface area contributed by atoms with Gasteiger partial charge in [0.2, 0.25) is 5.91 Å². The van der Waals surface area contributed by atoms with Crippen LogP contribution in [0.25, 0.3) is 0 Å². The second-order valence-corrected chi connectivity index (χ2v) is 5.22. The summed E-state index contributed by atoms with van der Waals surface area (Å²) in [6.45, 7) is 8.14. The van der Waals surface area contributed by atoms with Gasteiger partial charge in [0.1, 0.15) is 0 Å². The Hall–Kier alpha value is -1.30. The van der Waals surface area contributed by atoms with Crippen molar-refractivity contribution in [3.8, 4) is 0 Å². The summed E-state index contributed by atoms with van der Waals surface area (Å²) in [4.78, 5) is 18.1. The average Bonchev–Trinajstić information content (AvgIpc) is 2.51. The predicted octanol–water partition coefficient (Wildman–Crippen LogP) is 0.979. The molecule has 21 heavy (non-hydrogen) atoms. The highest BCUT2D eigenvalue weighted by molar-refractivity contribution is 5.81. The second-order valence-electron chi connectivity index (χ2n) is 5.22. The number of likely N-dealkylation sites (tertiary alicyclic amines) is 1. The van der Waals surface area contributed by atoms with E-state index < -0.39 is 0 Å². The van der Waals surface area contributed by atoms with Crippen molar-refractivity contribution in [1.82, 2.24) is 15.5 Å². The van der Waals surface area contributed by atoms with Gasteiger partial charge in [0.15, 0.2) is 5.96 Å². The molecular formula is C15H30N4O2. The third kappa shape index (κ3) is 6.80. The fraction of sp³-hybridized carbons (Fsp3) is 0.867. The SMILES string of the molecule is CCCNC(=O)CCNC(=NC)N1CCC(OCC)CC1. The lowest BCUT2D eigenvalue weighted by Gasteiger charge is -2.34. The molecule has 1 heterocycles. The molecule has 1 fully saturated rings. The maximum atomic E-state index is 11.5. The lowest BCUT2D eigenvalue weighted by Crippen LogP contribution is -2.47. The Balaban J connectivity index is 2.25. The number of amides is 1. The van der Waals surface area contributed by atoms with Crippen LogP contribution in [0.15, 0.2) is 4.99 Å². The molecule has 1 rings (SSSR count). The Morgan fingerprint density at radius 2 is 1.95 bits per heavy atom. The van der Waals surface area contributed by atoms with Crippen LogP contribution in [0.1, 0.15) is 39.5 Å². The van der Waals surface area contributed by atoms with Crippen molar-refractivity contribution < 1.29 is 9.53 Å². The lowest BCUT2D eigenvalue weighted by atomic mass is 10.1. The first-order chi connectivity index (χ1) is 10.2. The molecule has 6 heteroatoms. The Bertz CT molecular complexity index is 326. The van der Waals surface area contributed by atoms with E-state index >= 15 is 0 Å². The smallest absolute Gasteiger partial charge is 0.221 e. The van der Waals surface area contributed by atoms with E-state index in [4.69, 9.17) is 4.74 Å². The van der Waals surface area contributed by atoms with Gasteiger partial charge >= 0.3 is 0 Å². The number of piperidine rings is 1. The Morgan fingerprint density at radius 3 is 2.52 bits per heavy atom. The molecule has 1 saturated heterocycles. The minimum absolute atomic E-state index is 0.0925. The van der Waals surface area contributed by atoms with Crippen LogP contribution in [0.2, 0.25) is 0 Å².